The third-order valence-electron chi connectivity index (χ3n) is 16.8. The summed E-state index contributed by atoms with van der Waals surface area (Å²) in [5, 5.41) is 87.3. The van der Waals surface area contributed by atoms with Crippen LogP contribution in [0.15, 0.2) is 36.5 Å². The van der Waals surface area contributed by atoms with Crippen LogP contribution in [-0.2, 0) is 23.7 Å². The molecule has 482 valence electrons. The summed E-state index contributed by atoms with van der Waals surface area (Å²) in [4.78, 5) is 13.3. The summed E-state index contributed by atoms with van der Waals surface area (Å²) < 4.78 is 22.8. The number of rotatable bonds is 56. The molecule has 14 nitrogen and oxygen atoms in total. The second-order valence-corrected chi connectivity index (χ2v) is 24.3. The molecule has 0 bridgehead atoms. The van der Waals surface area contributed by atoms with Crippen molar-refractivity contribution in [3.05, 3.63) is 36.5 Å². The molecule has 2 saturated heterocycles. The number of carbonyl (C=O) groups excluding carboxylic acids is 1. The Morgan fingerprint density at radius 3 is 1.20 bits per heavy atom. The number of unbranched alkanes of at least 4 members (excludes halogenated alkanes) is 39. The fraction of sp³-hybridized carbons (Fsp3) is 0.897. The van der Waals surface area contributed by atoms with Gasteiger partial charge in [-0.15, -0.1) is 0 Å². The number of carbonyl (C=O) groups is 1. The smallest absolute Gasteiger partial charge is 0.220 e. The van der Waals surface area contributed by atoms with E-state index in [0.29, 0.717) is 12.8 Å². The lowest BCUT2D eigenvalue weighted by molar-refractivity contribution is -0.359. The van der Waals surface area contributed by atoms with Gasteiger partial charge in [-0.05, 0) is 44.9 Å². The lowest BCUT2D eigenvalue weighted by atomic mass is 9.97. The maximum atomic E-state index is 13.3. The zero-order valence-electron chi connectivity index (χ0n) is 52.2. The first kappa shape index (κ1) is 76.3. The number of aliphatic hydroxyl groups excluding tert-OH is 8. The van der Waals surface area contributed by atoms with Crippen molar-refractivity contribution >= 4 is 5.91 Å². The van der Waals surface area contributed by atoms with Crippen LogP contribution in [0.5, 0.6) is 0 Å². The van der Waals surface area contributed by atoms with Crippen molar-refractivity contribution in [3.8, 4) is 0 Å². The molecule has 0 aliphatic carbocycles. The average Bonchev–Trinajstić information content (AvgIpc) is 3.67. The predicted molar refractivity (Wildman–Crippen MR) is 332 cm³/mol. The van der Waals surface area contributed by atoms with Crippen LogP contribution in [0.4, 0.5) is 0 Å². The summed E-state index contributed by atoms with van der Waals surface area (Å²) in [5.41, 5.74) is 0. The molecule has 1 amide bonds. The van der Waals surface area contributed by atoms with Gasteiger partial charge in [-0.2, -0.15) is 0 Å². The Hall–Kier alpha value is -1.79. The van der Waals surface area contributed by atoms with Gasteiger partial charge < -0.3 is 65.1 Å². The second-order valence-electron chi connectivity index (χ2n) is 24.3. The Morgan fingerprint density at radius 2 is 0.780 bits per heavy atom. The highest BCUT2D eigenvalue weighted by atomic mass is 16.7. The number of nitrogens with one attached hydrogen (secondary N) is 1. The van der Waals surface area contributed by atoms with Gasteiger partial charge in [0.25, 0.3) is 0 Å². The minimum atomic E-state index is -1.79. The first-order valence-electron chi connectivity index (χ1n) is 34.2. The molecule has 2 fully saturated rings. The zero-order chi connectivity index (χ0) is 59.5. The van der Waals surface area contributed by atoms with E-state index in [4.69, 9.17) is 18.9 Å². The van der Waals surface area contributed by atoms with E-state index >= 15 is 0 Å². The van der Waals surface area contributed by atoms with E-state index in [9.17, 15) is 45.6 Å². The van der Waals surface area contributed by atoms with Gasteiger partial charge in [0.1, 0.15) is 48.8 Å². The SMILES string of the molecule is CCCCCCCCCCCCCCCCCCCCC/C=C/CC/C=C/CC/C=C/C(O)C(COC1OC(CO)C(OC2OC(CO)C(O)C(O)C2O)C(O)C1O)NC(=O)CCCCCCCCCCCCCCCCCCCCC. The van der Waals surface area contributed by atoms with Gasteiger partial charge >= 0.3 is 0 Å². The molecule has 0 aromatic heterocycles. The predicted octanol–water partition coefficient (Wildman–Crippen LogP) is 13.3. The quantitative estimate of drug-likeness (QED) is 0.0204. The molecule has 2 aliphatic heterocycles. The maximum Gasteiger partial charge on any atom is 0.220 e. The molecule has 0 saturated carbocycles. The molecule has 2 rings (SSSR count). The first-order valence-corrected chi connectivity index (χ1v) is 34.2. The number of allylic oxidation sites excluding steroid dienone is 5. The molecule has 2 heterocycles. The highest BCUT2D eigenvalue weighted by Crippen LogP contribution is 2.30. The van der Waals surface area contributed by atoms with E-state index in [0.717, 1.165) is 44.9 Å². The molecule has 0 spiro atoms. The van der Waals surface area contributed by atoms with Crippen LogP contribution in [0.3, 0.4) is 0 Å². The van der Waals surface area contributed by atoms with E-state index in [1.807, 2.05) is 6.08 Å². The Labute approximate surface area is 500 Å². The van der Waals surface area contributed by atoms with Gasteiger partial charge in [0, 0.05) is 6.42 Å². The Kier molecular flexibility index (Phi) is 49.7. The number of aliphatic hydroxyl groups is 8. The molecular weight excluding hydrogens is 1040 g/mol. The van der Waals surface area contributed by atoms with Crippen molar-refractivity contribution in [1.82, 2.24) is 5.32 Å². The molecule has 0 radical (unpaired) electrons. The Bertz CT molecular complexity index is 1510. The molecule has 2 aliphatic rings. The van der Waals surface area contributed by atoms with Crippen molar-refractivity contribution in [2.45, 2.75) is 370 Å². The summed E-state index contributed by atoms with van der Waals surface area (Å²) in [6.07, 6.45) is 50.6. The van der Waals surface area contributed by atoms with Crippen LogP contribution in [0.1, 0.15) is 296 Å². The van der Waals surface area contributed by atoms with Gasteiger partial charge in [-0.3, -0.25) is 4.79 Å². The van der Waals surface area contributed by atoms with Gasteiger partial charge in [-0.1, -0.05) is 281 Å². The topological polar surface area (TPSA) is 228 Å². The van der Waals surface area contributed by atoms with Crippen molar-refractivity contribution in [2.24, 2.45) is 0 Å². The van der Waals surface area contributed by atoms with E-state index < -0.39 is 86.8 Å². The number of amides is 1. The average molecular weight is 1170 g/mol. The number of hydrogen-bond acceptors (Lipinski definition) is 13. The standard InChI is InChI=1S/C68H127NO13/c1-3-5-7-9-11-13-15-17-19-21-23-24-25-26-27-28-29-30-31-32-34-35-37-39-41-43-45-47-49-51-57(72)56(69-60(73)52-50-48-46-44-42-40-38-36-33-22-20-18-16-14-12-10-8-6-4-2)55-79-67-65(78)63(76)66(59(54-71)81-67)82-68-64(77)62(75)61(74)58(53-70)80-68/h34-35,41,43,49,51,56-59,61-68,70-72,74-78H,3-33,36-40,42,44-48,50,52-55H2,1-2H3,(H,69,73)/b35-34+,43-41+,51-49+. The van der Waals surface area contributed by atoms with Gasteiger partial charge in [0.05, 0.1) is 32.0 Å². The molecular formula is C68H127NO13. The maximum absolute atomic E-state index is 13.3. The Balaban J connectivity index is 1.71. The normalized spacial score (nSPS) is 24.1. The Morgan fingerprint density at radius 1 is 0.427 bits per heavy atom. The summed E-state index contributed by atoms with van der Waals surface area (Å²) in [6, 6.07) is -0.936. The fourth-order valence-electron chi connectivity index (χ4n) is 11.3. The van der Waals surface area contributed by atoms with Crippen LogP contribution in [0, 0.1) is 0 Å². The number of hydrogen-bond donors (Lipinski definition) is 9. The highest BCUT2D eigenvalue weighted by molar-refractivity contribution is 5.76. The monoisotopic (exact) mass is 1170 g/mol. The lowest BCUT2D eigenvalue weighted by Crippen LogP contribution is -2.65. The van der Waals surface area contributed by atoms with Crippen LogP contribution >= 0.6 is 0 Å². The van der Waals surface area contributed by atoms with Crippen molar-refractivity contribution in [3.63, 3.8) is 0 Å². The van der Waals surface area contributed by atoms with E-state index in [2.05, 4.69) is 43.5 Å². The third-order valence-corrected chi connectivity index (χ3v) is 16.8. The minimum Gasteiger partial charge on any atom is -0.394 e. The van der Waals surface area contributed by atoms with Crippen LogP contribution in [0.2, 0.25) is 0 Å². The summed E-state index contributed by atoms with van der Waals surface area (Å²) >= 11 is 0. The molecule has 14 heteroatoms. The second kappa shape index (κ2) is 53.4. The van der Waals surface area contributed by atoms with Crippen molar-refractivity contribution < 1.29 is 64.6 Å². The lowest BCUT2D eigenvalue weighted by Gasteiger charge is -2.46. The van der Waals surface area contributed by atoms with Crippen molar-refractivity contribution in [2.75, 3.05) is 19.8 Å². The van der Waals surface area contributed by atoms with E-state index in [1.165, 1.54) is 218 Å². The fourth-order valence-corrected chi connectivity index (χ4v) is 11.3. The van der Waals surface area contributed by atoms with Gasteiger partial charge in [0.2, 0.25) is 5.91 Å². The molecule has 9 N–H and O–H groups in total. The molecule has 0 aromatic carbocycles. The van der Waals surface area contributed by atoms with Crippen LogP contribution in [0.25, 0.3) is 0 Å². The third kappa shape index (κ3) is 37.7. The van der Waals surface area contributed by atoms with Gasteiger partial charge in [0.15, 0.2) is 12.6 Å². The largest absolute Gasteiger partial charge is 0.394 e. The molecule has 82 heavy (non-hydrogen) atoms. The molecule has 12 unspecified atom stereocenters. The number of ether oxygens (including phenoxy) is 4. The summed E-state index contributed by atoms with van der Waals surface area (Å²) in [6.45, 7) is 2.82. The van der Waals surface area contributed by atoms with E-state index in [-0.39, 0.29) is 18.9 Å². The summed E-state index contributed by atoms with van der Waals surface area (Å²) in [5.74, 6) is -0.248. The van der Waals surface area contributed by atoms with E-state index in [1.54, 1.807) is 6.08 Å². The molecule has 12 atom stereocenters. The zero-order valence-corrected chi connectivity index (χ0v) is 52.2. The minimum absolute atomic E-state index is 0.248. The first-order chi connectivity index (χ1) is 40.1. The van der Waals surface area contributed by atoms with Crippen LogP contribution < -0.4 is 5.32 Å². The van der Waals surface area contributed by atoms with Gasteiger partial charge in [-0.25, -0.2) is 0 Å². The highest BCUT2D eigenvalue weighted by Gasteiger charge is 2.51. The van der Waals surface area contributed by atoms with Crippen molar-refractivity contribution in [1.29, 1.82) is 0 Å². The molecule has 0 aromatic rings. The summed E-state index contributed by atoms with van der Waals surface area (Å²) in [7, 11) is 0. The van der Waals surface area contributed by atoms with Crippen LogP contribution in [-0.4, -0.2) is 140 Å².